The lowest BCUT2D eigenvalue weighted by Gasteiger charge is -2.10. The number of rotatable bonds is 4. The van der Waals surface area contributed by atoms with Gasteiger partial charge in [-0.3, -0.25) is 4.79 Å². The van der Waals surface area contributed by atoms with E-state index in [-0.39, 0.29) is 29.4 Å². The zero-order valence-corrected chi connectivity index (χ0v) is 9.77. The maximum Gasteiger partial charge on any atom is 0.491 e. The zero-order valence-electron chi connectivity index (χ0n) is 9.77. The fraction of sp³-hybridized carbons (Fsp3) is 0.364. The van der Waals surface area contributed by atoms with Crippen LogP contribution in [0.1, 0.15) is 20.3 Å². The van der Waals surface area contributed by atoms with E-state index in [9.17, 15) is 9.18 Å². The first kappa shape index (κ1) is 13.7. The number of hydrogen-bond donors (Lipinski definition) is 3. The molecule has 0 unspecified atom stereocenters. The van der Waals surface area contributed by atoms with Crippen molar-refractivity contribution in [2.24, 2.45) is 5.92 Å². The summed E-state index contributed by atoms with van der Waals surface area (Å²) in [6.07, 6.45) is 0.283. The second-order valence-corrected chi connectivity index (χ2v) is 4.23. The van der Waals surface area contributed by atoms with Gasteiger partial charge in [0.2, 0.25) is 5.91 Å². The average molecular weight is 239 g/mol. The summed E-state index contributed by atoms with van der Waals surface area (Å²) < 4.78 is 13.7. The first-order valence-electron chi connectivity index (χ1n) is 5.36. The molecule has 0 atom stereocenters. The van der Waals surface area contributed by atoms with Crippen LogP contribution in [0, 0.1) is 11.7 Å². The van der Waals surface area contributed by atoms with Crippen molar-refractivity contribution >= 4 is 24.2 Å². The Morgan fingerprint density at radius 2 is 2.12 bits per heavy atom. The fourth-order valence-corrected chi connectivity index (χ4v) is 1.42. The first-order chi connectivity index (χ1) is 7.91. The van der Waals surface area contributed by atoms with Crippen molar-refractivity contribution in [3.8, 4) is 0 Å². The number of carbonyl (C=O) groups is 1. The fourth-order valence-electron chi connectivity index (χ4n) is 1.42. The highest BCUT2D eigenvalue weighted by Crippen LogP contribution is 2.12. The molecule has 0 aliphatic carbocycles. The summed E-state index contributed by atoms with van der Waals surface area (Å²) in [6.45, 7) is 3.76. The molecule has 0 heterocycles. The third-order valence-corrected chi connectivity index (χ3v) is 2.17. The first-order valence-corrected chi connectivity index (χ1v) is 5.36. The van der Waals surface area contributed by atoms with Gasteiger partial charge in [-0.05, 0) is 12.0 Å². The minimum Gasteiger partial charge on any atom is -0.423 e. The number of halogens is 1. The molecule has 0 radical (unpaired) electrons. The van der Waals surface area contributed by atoms with Crippen molar-refractivity contribution in [1.29, 1.82) is 0 Å². The van der Waals surface area contributed by atoms with E-state index < -0.39 is 12.9 Å². The number of benzene rings is 1. The molecule has 6 heteroatoms. The van der Waals surface area contributed by atoms with Crippen LogP contribution in [-0.4, -0.2) is 23.1 Å². The van der Waals surface area contributed by atoms with Crippen LogP contribution < -0.4 is 10.8 Å². The Hall–Kier alpha value is -1.40. The predicted molar refractivity (Wildman–Crippen MR) is 64.3 cm³/mol. The van der Waals surface area contributed by atoms with Gasteiger partial charge in [0.05, 0.1) is 5.69 Å². The van der Waals surface area contributed by atoms with Crippen molar-refractivity contribution in [2.45, 2.75) is 20.3 Å². The Labute approximate surface area is 99.6 Å². The van der Waals surface area contributed by atoms with Gasteiger partial charge in [0, 0.05) is 11.9 Å². The van der Waals surface area contributed by atoms with Crippen LogP contribution in [0.3, 0.4) is 0 Å². The Kier molecular flexibility index (Phi) is 4.66. The lowest BCUT2D eigenvalue weighted by atomic mass is 9.79. The zero-order chi connectivity index (χ0) is 13.0. The standard InChI is InChI=1S/C11H15BFNO3/c1-7(2)6-10(15)14-9-5-3-4-8(11(9)13)12(16)17/h3-5,7,16-17H,6H2,1-2H3,(H,14,15). The average Bonchev–Trinajstić information content (AvgIpc) is 2.19. The van der Waals surface area contributed by atoms with E-state index in [1.54, 1.807) is 0 Å². The molecule has 17 heavy (non-hydrogen) atoms. The molecule has 0 spiro atoms. The summed E-state index contributed by atoms with van der Waals surface area (Å²) in [4.78, 5) is 11.5. The molecular weight excluding hydrogens is 224 g/mol. The van der Waals surface area contributed by atoms with E-state index in [4.69, 9.17) is 10.0 Å². The Morgan fingerprint density at radius 3 is 2.65 bits per heavy atom. The lowest BCUT2D eigenvalue weighted by molar-refractivity contribution is -0.116. The highest BCUT2D eigenvalue weighted by Gasteiger charge is 2.19. The third-order valence-electron chi connectivity index (χ3n) is 2.17. The summed E-state index contributed by atoms with van der Waals surface area (Å²) in [6, 6.07) is 4.07. The van der Waals surface area contributed by atoms with Crippen molar-refractivity contribution < 1.29 is 19.2 Å². The van der Waals surface area contributed by atoms with Crippen LogP contribution >= 0.6 is 0 Å². The Balaban J connectivity index is 2.85. The van der Waals surface area contributed by atoms with Gasteiger partial charge in [0.15, 0.2) is 0 Å². The molecule has 3 N–H and O–H groups in total. The second kappa shape index (κ2) is 5.79. The Morgan fingerprint density at radius 1 is 1.47 bits per heavy atom. The predicted octanol–water partition coefficient (Wildman–Crippen LogP) is 0.490. The maximum atomic E-state index is 13.7. The second-order valence-electron chi connectivity index (χ2n) is 4.23. The van der Waals surface area contributed by atoms with E-state index in [0.29, 0.717) is 0 Å². The molecule has 0 aromatic heterocycles. The summed E-state index contributed by atoms with van der Waals surface area (Å²) >= 11 is 0. The minimum atomic E-state index is -1.89. The van der Waals surface area contributed by atoms with E-state index in [1.165, 1.54) is 18.2 Å². The quantitative estimate of drug-likeness (QED) is 0.669. The maximum absolute atomic E-state index is 13.7. The summed E-state index contributed by atoms with van der Waals surface area (Å²) in [5.74, 6) is -0.951. The van der Waals surface area contributed by atoms with E-state index in [2.05, 4.69) is 5.32 Å². The van der Waals surface area contributed by atoms with Crippen molar-refractivity contribution in [3.63, 3.8) is 0 Å². The molecular formula is C11H15BFNO3. The van der Waals surface area contributed by atoms with Crippen molar-refractivity contribution in [1.82, 2.24) is 0 Å². The number of nitrogens with one attached hydrogen (secondary N) is 1. The molecule has 1 rings (SSSR count). The van der Waals surface area contributed by atoms with E-state index in [1.807, 2.05) is 13.8 Å². The molecule has 0 saturated carbocycles. The molecule has 0 aliphatic rings. The molecule has 0 bridgehead atoms. The molecule has 4 nitrogen and oxygen atoms in total. The van der Waals surface area contributed by atoms with E-state index >= 15 is 0 Å². The van der Waals surface area contributed by atoms with Gasteiger partial charge in [-0.2, -0.15) is 0 Å². The number of hydrogen-bond acceptors (Lipinski definition) is 3. The molecule has 92 valence electrons. The molecule has 1 aromatic carbocycles. The summed E-state index contributed by atoms with van der Waals surface area (Å²) in [5.41, 5.74) is -0.298. The van der Waals surface area contributed by atoms with Crippen LogP contribution in [0.2, 0.25) is 0 Å². The van der Waals surface area contributed by atoms with Gasteiger partial charge in [-0.1, -0.05) is 26.0 Å². The molecule has 0 aliphatic heterocycles. The van der Waals surface area contributed by atoms with Crippen LogP contribution in [0.25, 0.3) is 0 Å². The van der Waals surface area contributed by atoms with Gasteiger partial charge < -0.3 is 15.4 Å². The monoisotopic (exact) mass is 239 g/mol. The Bertz CT molecular complexity index is 410. The van der Waals surface area contributed by atoms with Gasteiger partial charge >= 0.3 is 7.12 Å². The van der Waals surface area contributed by atoms with Crippen molar-refractivity contribution in [2.75, 3.05) is 5.32 Å². The smallest absolute Gasteiger partial charge is 0.423 e. The summed E-state index contributed by atoms with van der Waals surface area (Å²) in [5, 5.41) is 20.2. The van der Waals surface area contributed by atoms with Gasteiger partial charge in [-0.25, -0.2) is 4.39 Å². The third kappa shape index (κ3) is 3.83. The van der Waals surface area contributed by atoms with Crippen LogP contribution in [0.4, 0.5) is 10.1 Å². The SMILES string of the molecule is CC(C)CC(=O)Nc1cccc(B(O)O)c1F. The molecule has 0 saturated heterocycles. The van der Waals surface area contributed by atoms with Gasteiger partial charge in [0.25, 0.3) is 0 Å². The number of anilines is 1. The van der Waals surface area contributed by atoms with Crippen molar-refractivity contribution in [3.05, 3.63) is 24.0 Å². The van der Waals surface area contributed by atoms with Crippen LogP contribution in [-0.2, 0) is 4.79 Å². The van der Waals surface area contributed by atoms with E-state index in [0.717, 1.165) is 0 Å². The largest absolute Gasteiger partial charge is 0.491 e. The minimum absolute atomic E-state index is 0.0405. The normalized spacial score (nSPS) is 10.5. The molecule has 0 fully saturated rings. The van der Waals surface area contributed by atoms with Gasteiger partial charge in [0.1, 0.15) is 5.82 Å². The highest BCUT2D eigenvalue weighted by atomic mass is 19.1. The summed E-state index contributed by atoms with van der Waals surface area (Å²) in [7, 11) is -1.89. The molecule has 1 aromatic rings. The van der Waals surface area contributed by atoms with Gasteiger partial charge in [-0.15, -0.1) is 0 Å². The van der Waals surface area contributed by atoms with Crippen LogP contribution in [0.15, 0.2) is 18.2 Å². The highest BCUT2D eigenvalue weighted by molar-refractivity contribution is 6.58. The number of carbonyl (C=O) groups excluding carboxylic acids is 1. The lowest BCUT2D eigenvalue weighted by Crippen LogP contribution is -2.33. The molecule has 1 amide bonds. The topological polar surface area (TPSA) is 69.6 Å². The van der Waals surface area contributed by atoms with Crippen LogP contribution in [0.5, 0.6) is 0 Å². The number of amides is 1.